The molecule has 3 heterocycles. The third kappa shape index (κ3) is 2.60. The van der Waals surface area contributed by atoms with Crippen molar-refractivity contribution in [2.24, 2.45) is 0 Å². The highest BCUT2D eigenvalue weighted by molar-refractivity contribution is 5.99. The van der Waals surface area contributed by atoms with Crippen LogP contribution in [0.25, 0.3) is 5.65 Å². The van der Waals surface area contributed by atoms with Crippen molar-refractivity contribution in [1.29, 1.82) is 0 Å². The van der Waals surface area contributed by atoms with Gasteiger partial charge in [-0.3, -0.25) is 4.79 Å². The Morgan fingerprint density at radius 3 is 3.04 bits per heavy atom. The molecule has 0 fully saturated rings. The summed E-state index contributed by atoms with van der Waals surface area (Å²) in [5.74, 6) is 0.536. The van der Waals surface area contributed by atoms with E-state index < -0.39 is 0 Å². The first-order valence-corrected chi connectivity index (χ1v) is 7.98. The SMILES string of the molecule is O=C(NCc1ccco1)c1cnn2c3c(cnc12)CCCCC3. The summed E-state index contributed by atoms with van der Waals surface area (Å²) >= 11 is 0. The molecule has 0 radical (unpaired) electrons. The van der Waals surface area contributed by atoms with E-state index in [9.17, 15) is 4.79 Å². The maximum atomic E-state index is 12.4. The van der Waals surface area contributed by atoms with E-state index in [4.69, 9.17) is 4.42 Å². The van der Waals surface area contributed by atoms with E-state index in [0.29, 0.717) is 17.8 Å². The van der Waals surface area contributed by atoms with Crippen LogP contribution >= 0.6 is 0 Å². The lowest BCUT2D eigenvalue weighted by Gasteiger charge is -2.08. The number of nitrogens with zero attached hydrogens (tertiary/aromatic N) is 3. The summed E-state index contributed by atoms with van der Waals surface area (Å²) in [6, 6.07) is 3.63. The highest BCUT2D eigenvalue weighted by atomic mass is 16.3. The summed E-state index contributed by atoms with van der Waals surface area (Å²) in [4.78, 5) is 16.9. The Balaban J connectivity index is 1.63. The monoisotopic (exact) mass is 310 g/mol. The number of nitrogens with one attached hydrogen (secondary N) is 1. The van der Waals surface area contributed by atoms with Crippen LogP contribution in [-0.2, 0) is 19.4 Å². The van der Waals surface area contributed by atoms with E-state index in [1.54, 1.807) is 18.5 Å². The molecule has 4 rings (SSSR count). The topological polar surface area (TPSA) is 72.4 Å². The predicted octanol–water partition coefficient (Wildman–Crippen LogP) is 2.52. The van der Waals surface area contributed by atoms with Crippen molar-refractivity contribution in [3.8, 4) is 0 Å². The zero-order valence-corrected chi connectivity index (χ0v) is 12.8. The molecule has 1 amide bonds. The molecule has 0 atom stereocenters. The van der Waals surface area contributed by atoms with Gasteiger partial charge in [0.1, 0.15) is 11.3 Å². The number of hydrogen-bond donors (Lipinski definition) is 1. The second-order valence-corrected chi connectivity index (χ2v) is 5.85. The zero-order valence-electron chi connectivity index (χ0n) is 12.8. The van der Waals surface area contributed by atoms with Crippen molar-refractivity contribution >= 4 is 11.6 Å². The van der Waals surface area contributed by atoms with Crippen molar-refractivity contribution in [1.82, 2.24) is 19.9 Å². The fraction of sp³-hybridized carbons (Fsp3) is 0.353. The van der Waals surface area contributed by atoms with Crippen molar-refractivity contribution in [3.05, 3.63) is 53.4 Å². The second kappa shape index (κ2) is 5.87. The number of carbonyl (C=O) groups is 1. The van der Waals surface area contributed by atoms with Gasteiger partial charge in [-0.05, 0) is 43.4 Å². The summed E-state index contributed by atoms with van der Waals surface area (Å²) in [6.07, 6.45) is 10.7. The molecule has 6 nitrogen and oxygen atoms in total. The van der Waals surface area contributed by atoms with Crippen LogP contribution in [0, 0.1) is 0 Å². The molecule has 1 aliphatic rings. The predicted molar refractivity (Wildman–Crippen MR) is 84.1 cm³/mol. The number of aromatic nitrogens is 3. The quantitative estimate of drug-likeness (QED) is 0.755. The molecular formula is C17H18N4O2. The number of amides is 1. The molecule has 0 bridgehead atoms. The minimum absolute atomic E-state index is 0.183. The van der Waals surface area contributed by atoms with E-state index in [2.05, 4.69) is 15.4 Å². The van der Waals surface area contributed by atoms with Gasteiger partial charge in [0.15, 0.2) is 5.65 Å². The number of aryl methyl sites for hydroxylation is 2. The van der Waals surface area contributed by atoms with Crippen LogP contribution in [-0.4, -0.2) is 20.5 Å². The van der Waals surface area contributed by atoms with Crippen molar-refractivity contribution < 1.29 is 9.21 Å². The fourth-order valence-corrected chi connectivity index (χ4v) is 3.11. The summed E-state index contributed by atoms with van der Waals surface area (Å²) < 4.78 is 7.06. The lowest BCUT2D eigenvalue weighted by molar-refractivity contribution is 0.0949. The Bertz CT molecular complexity index is 836. The number of rotatable bonds is 3. The smallest absolute Gasteiger partial charge is 0.257 e. The van der Waals surface area contributed by atoms with Gasteiger partial charge < -0.3 is 9.73 Å². The van der Waals surface area contributed by atoms with Crippen LogP contribution in [0.15, 0.2) is 35.2 Å². The van der Waals surface area contributed by atoms with E-state index in [0.717, 1.165) is 25.0 Å². The molecular weight excluding hydrogens is 292 g/mol. The van der Waals surface area contributed by atoms with Crippen LogP contribution in [0.2, 0.25) is 0 Å². The molecule has 23 heavy (non-hydrogen) atoms. The first kappa shape index (κ1) is 14.0. The van der Waals surface area contributed by atoms with Gasteiger partial charge in [-0.2, -0.15) is 5.10 Å². The number of hydrogen-bond acceptors (Lipinski definition) is 4. The van der Waals surface area contributed by atoms with E-state index in [-0.39, 0.29) is 5.91 Å². The number of fused-ring (bicyclic) bond motifs is 3. The molecule has 0 spiro atoms. The third-order valence-electron chi connectivity index (χ3n) is 4.32. The molecule has 6 heteroatoms. The largest absolute Gasteiger partial charge is 0.467 e. The fourth-order valence-electron chi connectivity index (χ4n) is 3.11. The van der Waals surface area contributed by atoms with Crippen LogP contribution in [0.5, 0.6) is 0 Å². The van der Waals surface area contributed by atoms with E-state index in [1.165, 1.54) is 24.1 Å². The minimum atomic E-state index is -0.183. The Morgan fingerprint density at radius 1 is 1.26 bits per heavy atom. The van der Waals surface area contributed by atoms with Crippen molar-refractivity contribution in [3.63, 3.8) is 0 Å². The lowest BCUT2D eigenvalue weighted by Crippen LogP contribution is -2.22. The molecule has 0 saturated carbocycles. The Labute approximate surface area is 133 Å². The minimum Gasteiger partial charge on any atom is -0.467 e. The normalized spacial score (nSPS) is 14.4. The molecule has 3 aromatic heterocycles. The number of carbonyl (C=O) groups excluding carboxylic acids is 1. The summed E-state index contributed by atoms with van der Waals surface area (Å²) in [5.41, 5.74) is 3.57. The zero-order chi connectivity index (χ0) is 15.6. The molecule has 1 N–H and O–H groups in total. The standard InChI is InChI=1S/C17H18N4O2/c22-17(19-10-13-6-4-8-23-13)14-11-20-21-15-7-3-1-2-5-12(15)9-18-16(14)21/h4,6,8-9,11H,1-3,5,7,10H2,(H,19,22). The maximum absolute atomic E-state index is 12.4. The van der Waals surface area contributed by atoms with Gasteiger partial charge >= 0.3 is 0 Å². The maximum Gasteiger partial charge on any atom is 0.257 e. The first-order chi connectivity index (χ1) is 11.3. The van der Waals surface area contributed by atoms with Crippen molar-refractivity contribution in [2.75, 3.05) is 0 Å². The van der Waals surface area contributed by atoms with Gasteiger partial charge in [0.25, 0.3) is 5.91 Å². The molecule has 118 valence electrons. The van der Waals surface area contributed by atoms with Crippen LogP contribution in [0.4, 0.5) is 0 Å². The van der Waals surface area contributed by atoms with Crippen molar-refractivity contribution in [2.45, 2.75) is 38.6 Å². The highest BCUT2D eigenvalue weighted by Crippen LogP contribution is 2.21. The van der Waals surface area contributed by atoms with Gasteiger partial charge in [-0.15, -0.1) is 0 Å². The summed E-state index contributed by atoms with van der Waals surface area (Å²) in [7, 11) is 0. The first-order valence-electron chi connectivity index (χ1n) is 7.98. The highest BCUT2D eigenvalue weighted by Gasteiger charge is 2.19. The van der Waals surface area contributed by atoms with Gasteiger partial charge in [0.05, 0.1) is 19.0 Å². The molecule has 1 aliphatic carbocycles. The van der Waals surface area contributed by atoms with Gasteiger partial charge in [-0.1, -0.05) is 6.42 Å². The third-order valence-corrected chi connectivity index (χ3v) is 4.32. The number of furan rings is 1. The van der Waals surface area contributed by atoms with Crippen LogP contribution in [0.1, 0.15) is 46.6 Å². The van der Waals surface area contributed by atoms with Gasteiger partial charge in [-0.25, -0.2) is 9.50 Å². The van der Waals surface area contributed by atoms with E-state index in [1.807, 2.05) is 16.8 Å². The molecule has 0 aliphatic heterocycles. The second-order valence-electron chi connectivity index (χ2n) is 5.85. The van der Waals surface area contributed by atoms with Gasteiger partial charge in [0, 0.05) is 11.9 Å². The summed E-state index contributed by atoms with van der Waals surface area (Å²) in [5, 5.41) is 7.26. The van der Waals surface area contributed by atoms with E-state index >= 15 is 0 Å². The molecule has 0 unspecified atom stereocenters. The van der Waals surface area contributed by atoms with Gasteiger partial charge in [0.2, 0.25) is 0 Å². The molecule has 0 aromatic carbocycles. The Kier molecular flexibility index (Phi) is 3.57. The Morgan fingerprint density at radius 2 is 2.17 bits per heavy atom. The lowest BCUT2D eigenvalue weighted by atomic mass is 10.1. The average Bonchev–Trinajstić information content (AvgIpc) is 3.17. The summed E-state index contributed by atoms with van der Waals surface area (Å²) in [6.45, 7) is 0.355. The Hall–Kier alpha value is -2.63. The molecule has 0 saturated heterocycles. The van der Waals surface area contributed by atoms with Crippen LogP contribution in [0.3, 0.4) is 0 Å². The van der Waals surface area contributed by atoms with Crippen LogP contribution < -0.4 is 5.32 Å². The average molecular weight is 310 g/mol. The molecule has 3 aromatic rings.